The van der Waals surface area contributed by atoms with Crippen molar-refractivity contribution in [2.75, 3.05) is 0 Å². The number of halogens is 1. The van der Waals surface area contributed by atoms with Crippen molar-refractivity contribution in [1.82, 2.24) is 0 Å². The third-order valence-corrected chi connectivity index (χ3v) is 0.586. The molecule has 43 valence electrons. The summed E-state index contributed by atoms with van der Waals surface area (Å²) in [4.78, 5) is 0. The van der Waals surface area contributed by atoms with Gasteiger partial charge >= 0.3 is 26.2 Å². The molecule has 0 spiro atoms. The molecule has 2 heteroatoms. The van der Waals surface area contributed by atoms with Crippen LogP contribution in [0.1, 0.15) is 6.42 Å². The van der Waals surface area contributed by atoms with Crippen molar-refractivity contribution in [2.45, 2.75) is 6.42 Å². The first-order chi connectivity index (χ1) is 2.50. The molecule has 0 saturated heterocycles. The molecule has 1 aliphatic carbocycles. The summed E-state index contributed by atoms with van der Waals surface area (Å²) >= 11 is 0. The fourth-order valence-corrected chi connectivity index (χ4v) is 0.340. The monoisotopic (exact) mass is 205 g/mol. The summed E-state index contributed by atoms with van der Waals surface area (Å²) in [5, 5.41) is 0. The topological polar surface area (TPSA) is 0 Å². The van der Waals surface area contributed by atoms with Gasteiger partial charge in [-0.1, -0.05) is 0 Å². The van der Waals surface area contributed by atoms with Crippen molar-refractivity contribution in [3.05, 3.63) is 31.7 Å². The minimum atomic E-state index is 0. The standard InChI is InChI=1S/C5H5.CH3.ClH.Zr/c1-2-4-5-3-1;;;/h1-3H,4H2;1H3;1H;/q2*-1;;+3/p-1. The van der Waals surface area contributed by atoms with Crippen molar-refractivity contribution in [3.63, 3.8) is 0 Å². The molecule has 1 radical (unpaired) electrons. The molecular weight excluding hydrogens is 199 g/mol. The molecule has 0 unspecified atom stereocenters. The Morgan fingerprint density at radius 1 is 1.38 bits per heavy atom. The van der Waals surface area contributed by atoms with Gasteiger partial charge in [0.25, 0.3) is 0 Å². The van der Waals surface area contributed by atoms with Crippen LogP contribution in [-0.4, -0.2) is 0 Å². The third kappa shape index (κ3) is 6.65. The second-order valence-corrected chi connectivity index (χ2v) is 1.00. The number of allylic oxidation sites excluding steroid dienone is 4. The summed E-state index contributed by atoms with van der Waals surface area (Å²) in [6, 6.07) is 0. The Hall–Kier alpha value is 0.653. The molecule has 0 N–H and O–H groups in total. The van der Waals surface area contributed by atoms with Gasteiger partial charge in [0, 0.05) is 0 Å². The zero-order valence-electron chi connectivity index (χ0n) is 4.82. The summed E-state index contributed by atoms with van der Waals surface area (Å²) in [6.45, 7) is 0. The minimum Gasteiger partial charge on any atom is -1.00 e. The van der Waals surface area contributed by atoms with Crippen LogP contribution >= 0.6 is 0 Å². The van der Waals surface area contributed by atoms with Gasteiger partial charge in [-0.3, -0.25) is 6.08 Å². The SMILES string of the molecule is [C-]1=CC=CC1.[CH3-].[Cl-].[Zr+3]. The molecule has 0 heterocycles. The minimum absolute atomic E-state index is 0. The molecule has 0 amide bonds. The second kappa shape index (κ2) is 10.6. The Bertz CT molecular complexity index is 66.6. The van der Waals surface area contributed by atoms with Crippen molar-refractivity contribution < 1.29 is 38.6 Å². The van der Waals surface area contributed by atoms with E-state index in [-0.39, 0.29) is 46.0 Å². The van der Waals surface area contributed by atoms with Crippen LogP contribution in [0.25, 0.3) is 0 Å². The van der Waals surface area contributed by atoms with Crippen LogP contribution in [0.3, 0.4) is 0 Å². The van der Waals surface area contributed by atoms with Crippen molar-refractivity contribution in [1.29, 1.82) is 0 Å². The molecule has 0 aromatic heterocycles. The molecule has 1 aliphatic rings. The van der Waals surface area contributed by atoms with Crippen molar-refractivity contribution in [2.24, 2.45) is 0 Å². The fraction of sp³-hybridized carbons (Fsp3) is 0.167. The van der Waals surface area contributed by atoms with Crippen LogP contribution in [0.15, 0.2) is 18.2 Å². The summed E-state index contributed by atoms with van der Waals surface area (Å²) in [5.41, 5.74) is 0. The fourth-order valence-electron chi connectivity index (χ4n) is 0.340. The maximum atomic E-state index is 2.99. The average Bonchev–Trinajstić information content (AvgIpc) is 1.76. The first kappa shape index (κ1) is 15.9. The number of rotatable bonds is 0. The van der Waals surface area contributed by atoms with E-state index in [0.717, 1.165) is 6.42 Å². The van der Waals surface area contributed by atoms with E-state index < -0.39 is 0 Å². The summed E-state index contributed by atoms with van der Waals surface area (Å²) in [6.07, 6.45) is 10.0. The van der Waals surface area contributed by atoms with Gasteiger partial charge in [0.1, 0.15) is 0 Å². The maximum absolute atomic E-state index is 2.99. The van der Waals surface area contributed by atoms with Gasteiger partial charge in [-0.2, -0.15) is 6.08 Å². The van der Waals surface area contributed by atoms with E-state index in [2.05, 4.69) is 12.2 Å². The van der Waals surface area contributed by atoms with Crippen molar-refractivity contribution in [3.8, 4) is 0 Å². The molecular formula is C6H8ClZr. The molecule has 0 bridgehead atoms. The van der Waals surface area contributed by atoms with E-state index in [0.29, 0.717) is 0 Å². The Kier molecular flexibility index (Phi) is 21.0. The van der Waals surface area contributed by atoms with E-state index in [4.69, 9.17) is 0 Å². The van der Waals surface area contributed by atoms with Gasteiger partial charge in [-0.25, -0.2) is 12.2 Å². The molecule has 0 nitrogen and oxygen atoms in total. The predicted octanol–water partition coefficient (Wildman–Crippen LogP) is -1.24. The molecule has 0 atom stereocenters. The summed E-state index contributed by atoms with van der Waals surface area (Å²) in [5.74, 6) is 0. The second-order valence-electron chi connectivity index (χ2n) is 1.00. The van der Waals surface area contributed by atoms with Crippen LogP contribution in [0.4, 0.5) is 0 Å². The van der Waals surface area contributed by atoms with Crippen LogP contribution in [0, 0.1) is 13.5 Å². The predicted molar refractivity (Wildman–Crippen MR) is 28.0 cm³/mol. The van der Waals surface area contributed by atoms with E-state index >= 15 is 0 Å². The summed E-state index contributed by atoms with van der Waals surface area (Å²) < 4.78 is 0. The first-order valence-electron chi connectivity index (χ1n) is 1.72. The molecule has 1 rings (SSSR count). The van der Waals surface area contributed by atoms with E-state index in [1.54, 1.807) is 0 Å². The first-order valence-corrected chi connectivity index (χ1v) is 1.72. The molecule has 0 aromatic carbocycles. The molecule has 8 heavy (non-hydrogen) atoms. The van der Waals surface area contributed by atoms with Crippen LogP contribution < -0.4 is 12.4 Å². The van der Waals surface area contributed by atoms with E-state index in [1.807, 2.05) is 12.2 Å². The smallest absolute Gasteiger partial charge is 1.00 e. The molecule has 0 aromatic rings. The number of hydrogen-bond acceptors (Lipinski definition) is 0. The summed E-state index contributed by atoms with van der Waals surface area (Å²) in [7, 11) is 0. The molecule has 0 fully saturated rings. The zero-order valence-corrected chi connectivity index (χ0v) is 8.03. The number of hydrogen-bond donors (Lipinski definition) is 0. The molecule has 0 aliphatic heterocycles. The zero-order chi connectivity index (χ0) is 3.54. The Morgan fingerprint density at radius 2 is 2.00 bits per heavy atom. The average molecular weight is 207 g/mol. The van der Waals surface area contributed by atoms with Gasteiger partial charge in [0.2, 0.25) is 0 Å². The van der Waals surface area contributed by atoms with Gasteiger partial charge in [0.05, 0.1) is 0 Å². The van der Waals surface area contributed by atoms with Crippen LogP contribution in [0.2, 0.25) is 0 Å². The van der Waals surface area contributed by atoms with Gasteiger partial charge in [-0.05, 0) is 0 Å². The largest absolute Gasteiger partial charge is 3.00 e. The molecule has 0 saturated carbocycles. The Labute approximate surface area is 76.6 Å². The normalized spacial score (nSPS) is 11.0. The Morgan fingerprint density at radius 3 is 2.12 bits per heavy atom. The van der Waals surface area contributed by atoms with Crippen LogP contribution in [0.5, 0.6) is 0 Å². The van der Waals surface area contributed by atoms with E-state index in [1.165, 1.54) is 0 Å². The Balaban J connectivity index is -0.0000000833. The maximum Gasteiger partial charge on any atom is 3.00 e. The van der Waals surface area contributed by atoms with E-state index in [9.17, 15) is 0 Å². The third-order valence-electron chi connectivity index (χ3n) is 0.586. The van der Waals surface area contributed by atoms with Gasteiger partial charge < -0.3 is 19.8 Å². The quantitative estimate of drug-likeness (QED) is 0.435. The van der Waals surface area contributed by atoms with Gasteiger partial charge in [-0.15, -0.1) is 6.42 Å². The van der Waals surface area contributed by atoms with Gasteiger partial charge in [0.15, 0.2) is 0 Å². The van der Waals surface area contributed by atoms with Crippen molar-refractivity contribution >= 4 is 0 Å². The van der Waals surface area contributed by atoms with Crippen LogP contribution in [-0.2, 0) is 26.2 Å².